The van der Waals surface area contributed by atoms with Gasteiger partial charge in [0.1, 0.15) is 5.76 Å². The molecule has 1 unspecified atom stereocenters. The van der Waals surface area contributed by atoms with Crippen molar-refractivity contribution in [2.75, 3.05) is 19.6 Å². The van der Waals surface area contributed by atoms with Gasteiger partial charge in [-0.25, -0.2) is 9.59 Å². The maximum absolute atomic E-state index is 12.3. The number of fused-ring (bicyclic) bond motifs is 2. The molecule has 0 saturated carbocycles. The van der Waals surface area contributed by atoms with Crippen molar-refractivity contribution < 1.29 is 29.0 Å². The first-order valence-electron chi connectivity index (χ1n) is 9.25. The normalized spacial score (nSPS) is 22.1. The van der Waals surface area contributed by atoms with E-state index in [9.17, 15) is 14.4 Å². The van der Waals surface area contributed by atoms with Crippen molar-refractivity contribution in [2.45, 2.75) is 12.5 Å². The van der Waals surface area contributed by atoms with E-state index in [1.807, 2.05) is 36.4 Å². The maximum Gasteiger partial charge on any atom is 0.328 e. The van der Waals surface area contributed by atoms with Gasteiger partial charge in [-0.15, -0.1) is 0 Å². The average molecular weight is 398 g/mol. The Bertz CT molecular complexity index is 889. The van der Waals surface area contributed by atoms with E-state index in [0.29, 0.717) is 23.8 Å². The number of carbonyl (C=O) groups excluding carboxylic acids is 1. The van der Waals surface area contributed by atoms with Gasteiger partial charge in [0.05, 0.1) is 0 Å². The second-order valence-corrected chi connectivity index (χ2v) is 6.93. The summed E-state index contributed by atoms with van der Waals surface area (Å²) in [7, 11) is 0. The third-order valence-electron chi connectivity index (χ3n) is 4.91. The summed E-state index contributed by atoms with van der Waals surface area (Å²) in [4.78, 5) is 33.8. The van der Waals surface area contributed by atoms with E-state index in [1.54, 1.807) is 6.07 Å². The third-order valence-corrected chi connectivity index (χ3v) is 4.91. The van der Waals surface area contributed by atoms with Crippen LogP contribution >= 0.6 is 0 Å². The molecule has 8 heteroatoms. The molecule has 2 aliphatic heterocycles. The standard InChI is InChI=1S/C17H18N2O2.C4H4O4/c20-17(18-14-11-19-9-8-13(14)10-19)16-7-6-15(21-16)12-4-2-1-3-5-12;5-3(6)1-2-4(7)8/h1-7,13-14H,8-11H2,(H,18,20);1-2H,(H,5,6)(H,7,8)/b;2-1+/t13-,14-;/m0./s1. The first kappa shape index (κ1) is 20.3. The van der Waals surface area contributed by atoms with Crippen molar-refractivity contribution >= 4 is 17.8 Å². The highest BCUT2D eigenvalue weighted by Crippen LogP contribution is 2.28. The number of benzene rings is 1. The molecule has 0 radical (unpaired) electrons. The number of furan rings is 1. The number of hydrogen-bond acceptors (Lipinski definition) is 5. The van der Waals surface area contributed by atoms with Gasteiger partial charge in [-0.3, -0.25) is 4.79 Å². The first-order chi connectivity index (χ1) is 13.9. The summed E-state index contributed by atoms with van der Waals surface area (Å²) in [5.41, 5.74) is 0.989. The fraction of sp³-hybridized carbons (Fsp3) is 0.286. The van der Waals surface area contributed by atoms with Gasteiger partial charge >= 0.3 is 11.9 Å². The second kappa shape index (κ2) is 9.20. The van der Waals surface area contributed by atoms with Gasteiger partial charge in [-0.05, 0) is 31.0 Å². The van der Waals surface area contributed by atoms with Gasteiger partial charge in [0.15, 0.2) is 5.76 Å². The Balaban J connectivity index is 0.000000258. The maximum atomic E-state index is 12.3. The monoisotopic (exact) mass is 398 g/mol. The Morgan fingerprint density at radius 1 is 1.00 bits per heavy atom. The molecule has 3 N–H and O–H groups in total. The van der Waals surface area contributed by atoms with Crippen molar-refractivity contribution in [1.29, 1.82) is 0 Å². The van der Waals surface area contributed by atoms with Crippen LogP contribution in [0.5, 0.6) is 0 Å². The molecule has 1 aromatic heterocycles. The molecule has 152 valence electrons. The molecule has 0 aliphatic carbocycles. The minimum Gasteiger partial charge on any atom is -0.478 e. The minimum atomic E-state index is -1.26. The Morgan fingerprint density at radius 2 is 1.69 bits per heavy atom. The molecule has 4 rings (SSSR count). The predicted molar refractivity (Wildman–Crippen MR) is 104 cm³/mol. The smallest absolute Gasteiger partial charge is 0.328 e. The largest absolute Gasteiger partial charge is 0.478 e. The number of aliphatic carboxylic acids is 2. The van der Waals surface area contributed by atoms with Crippen LogP contribution in [0.25, 0.3) is 11.3 Å². The van der Waals surface area contributed by atoms with Crippen LogP contribution in [0.4, 0.5) is 0 Å². The summed E-state index contributed by atoms with van der Waals surface area (Å²) in [6.07, 6.45) is 2.31. The molecule has 8 nitrogen and oxygen atoms in total. The Morgan fingerprint density at radius 3 is 2.24 bits per heavy atom. The van der Waals surface area contributed by atoms with Crippen molar-refractivity contribution in [3.8, 4) is 11.3 Å². The highest BCUT2D eigenvalue weighted by atomic mass is 16.4. The molecule has 0 spiro atoms. The zero-order chi connectivity index (χ0) is 20.8. The lowest BCUT2D eigenvalue weighted by Gasteiger charge is -2.22. The van der Waals surface area contributed by atoms with Crippen LogP contribution < -0.4 is 5.32 Å². The summed E-state index contributed by atoms with van der Waals surface area (Å²) in [6, 6.07) is 13.7. The molecule has 2 fully saturated rings. The molecule has 3 heterocycles. The quantitative estimate of drug-likeness (QED) is 0.660. The number of carboxylic acid groups (broad SMARTS) is 2. The number of nitrogens with zero attached hydrogens (tertiary/aromatic N) is 1. The molecule has 2 saturated heterocycles. The van der Waals surface area contributed by atoms with Crippen LogP contribution in [0.3, 0.4) is 0 Å². The van der Waals surface area contributed by atoms with Gasteiger partial charge < -0.3 is 24.8 Å². The second-order valence-electron chi connectivity index (χ2n) is 6.93. The number of piperidine rings is 1. The first-order valence-corrected chi connectivity index (χ1v) is 9.25. The Kier molecular flexibility index (Phi) is 6.46. The molecule has 3 atom stereocenters. The molecule has 29 heavy (non-hydrogen) atoms. The van der Waals surface area contributed by atoms with E-state index in [2.05, 4.69) is 10.2 Å². The summed E-state index contributed by atoms with van der Waals surface area (Å²) < 4.78 is 5.70. The Labute approximate surface area is 167 Å². The van der Waals surface area contributed by atoms with E-state index in [-0.39, 0.29) is 11.9 Å². The van der Waals surface area contributed by atoms with Crippen molar-refractivity contribution in [3.63, 3.8) is 0 Å². The van der Waals surface area contributed by atoms with Crippen LogP contribution in [0, 0.1) is 5.92 Å². The number of carboxylic acids is 2. The highest BCUT2D eigenvalue weighted by molar-refractivity contribution is 5.92. The zero-order valence-corrected chi connectivity index (χ0v) is 15.7. The number of carbonyl (C=O) groups is 3. The summed E-state index contributed by atoms with van der Waals surface area (Å²) in [5.74, 6) is -0.877. The average Bonchev–Trinajstić information content (AvgIpc) is 3.44. The van der Waals surface area contributed by atoms with Gasteiger partial charge in [0.2, 0.25) is 0 Å². The van der Waals surface area contributed by atoms with Gasteiger partial charge in [0.25, 0.3) is 5.91 Å². The molecule has 1 aromatic carbocycles. The SMILES string of the molecule is O=C(N[C@H]1CN2CC[C@H]1C2)c1ccc(-c2ccccc2)o1.O=C(O)/C=C/C(=O)O. The summed E-state index contributed by atoms with van der Waals surface area (Å²) in [6.45, 7) is 3.27. The van der Waals surface area contributed by atoms with Crippen LogP contribution in [0.1, 0.15) is 17.0 Å². The number of rotatable bonds is 5. The third kappa shape index (κ3) is 5.55. The molecule has 2 aliphatic rings. The van der Waals surface area contributed by atoms with Crippen LogP contribution in [-0.4, -0.2) is 58.6 Å². The molecule has 2 bridgehead atoms. The summed E-state index contributed by atoms with van der Waals surface area (Å²) >= 11 is 0. The van der Waals surface area contributed by atoms with Gasteiger partial charge in [0, 0.05) is 36.8 Å². The fourth-order valence-corrected chi connectivity index (χ4v) is 3.55. The highest BCUT2D eigenvalue weighted by Gasteiger charge is 2.38. The molecular formula is C21H22N2O6. The topological polar surface area (TPSA) is 120 Å². The van der Waals surface area contributed by atoms with Crippen molar-refractivity contribution in [1.82, 2.24) is 10.2 Å². The summed E-state index contributed by atoms with van der Waals surface area (Å²) in [5, 5.41) is 18.7. The zero-order valence-electron chi connectivity index (χ0n) is 15.7. The van der Waals surface area contributed by atoms with E-state index in [0.717, 1.165) is 24.4 Å². The molecule has 2 aromatic rings. The van der Waals surface area contributed by atoms with Crippen LogP contribution in [-0.2, 0) is 9.59 Å². The van der Waals surface area contributed by atoms with Gasteiger partial charge in [-0.1, -0.05) is 30.3 Å². The van der Waals surface area contributed by atoms with Crippen molar-refractivity contribution in [2.24, 2.45) is 5.92 Å². The lowest BCUT2D eigenvalue weighted by molar-refractivity contribution is -0.134. The number of hydrogen-bond donors (Lipinski definition) is 3. The van der Waals surface area contributed by atoms with Gasteiger partial charge in [-0.2, -0.15) is 0 Å². The minimum absolute atomic E-state index is 0.101. The molecule has 1 amide bonds. The fourth-order valence-electron chi connectivity index (χ4n) is 3.55. The molecular weight excluding hydrogens is 376 g/mol. The van der Waals surface area contributed by atoms with Crippen molar-refractivity contribution in [3.05, 3.63) is 60.4 Å². The van der Waals surface area contributed by atoms with Crippen LogP contribution in [0.15, 0.2) is 59.0 Å². The van der Waals surface area contributed by atoms with E-state index < -0.39 is 11.9 Å². The lowest BCUT2D eigenvalue weighted by atomic mass is 10.00. The Hall–Kier alpha value is -3.39. The van der Waals surface area contributed by atoms with Crippen LogP contribution in [0.2, 0.25) is 0 Å². The van der Waals surface area contributed by atoms with E-state index in [4.69, 9.17) is 14.6 Å². The lowest BCUT2D eigenvalue weighted by Crippen LogP contribution is -2.43. The number of nitrogens with one attached hydrogen (secondary N) is 1. The van der Waals surface area contributed by atoms with E-state index >= 15 is 0 Å². The van der Waals surface area contributed by atoms with E-state index in [1.165, 1.54) is 13.0 Å². The predicted octanol–water partition coefficient (Wildman–Crippen LogP) is 2.09. The number of amides is 1.